The van der Waals surface area contributed by atoms with Crippen molar-refractivity contribution in [3.05, 3.63) is 0 Å². The van der Waals surface area contributed by atoms with Gasteiger partial charge in [-0.15, -0.1) is 0 Å². The molecule has 2 rings (SSSR count). The number of nitrogens with two attached hydrogens (primary N) is 1. The predicted octanol–water partition coefficient (Wildman–Crippen LogP) is 0.633. The van der Waals surface area contributed by atoms with Crippen LogP contribution in [0.2, 0.25) is 0 Å². The summed E-state index contributed by atoms with van der Waals surface area (Å²) in [4.78, 5) is 25.1. The van der Waals surface area contributed by atoms with Crippen molar-refractivity contribution in [2.24, 2.45) is 11.1 Å². The topological polar surface area (TPSA) is 75.4 Å². The van der Waals surface area contributed by atoms with Gasteiger partial charge < -0.3 is 16.0 Å². The van der Waals surface area contributed by atoms with E-state index in [4.69, 9.17) is 5.73 Å². The Hall–Kier alpha value is -1.10. The van der Waals surface area contributed by atoms with Gasteiger partial charge in [0, 0.05) is 32.5 Å². The van der Waals surface area contributed by atoms with E-state index in [-0.39, 0.29) is 23.3 Å². The Morgan fingerprint density at radius 1 is 1.32 bits per heavy atom. The highest BCUT2D eigenvalue weighted by Crippen LogP contribution is 2.42. The van der Waals surface area contributed by atoms with Crippen LogP contribution in [0.3, 0.4) is 0 Å². The molecule has 0 radical (unpaired) electrons. The minimum absolute atomic E-state index is 0.0736. The number of hydrogen-bond acceptors (Lipinski definition) is 3. The number of nitrogens with zero attached hydrogens (tertiary/aromatic N) is 1. The molecule has 3 N–H and O–H groups in total. The van der Waals surface area contributed by atoms with Gasteiger partial charge in [-0.25, -0.2) is 0 Å². The van der Waals surface area contributed by atoms with Gasteiger partial charge in [0.05, 0.1) is 0 Å². The molecular formula is C14H25N3O2. The van der Waals surface area contributed by atoms with Gasteiger partial charge in [0.1, 0.15) is 0 Å². The van der Waals surface area contributed by atoms with Crippen molar-refractivity contribution in [2.45, 2.75) is 51.5 Å². The molecule has 1 aliphatic carbocycles. The lowest BCUT2D eigenvalue weighted by Crippen LogP contribution is -2.48. The van der Waals surface area contributed by atoms with Crippen molar-refractivity contribution in [1.29, 1.82) is 0 Å². The van der Waals surface area contributed by atoms with E-state index in [1.165, 1.54) is 6.42 Å². The fourth-order valence-corrected chi connectivity index (χ4v) is 3.09. The third-order valence-electron chi connectivity index (χ3n) is 4.69. The number of rotatable bonds is 4. The molecule has 108 valence electrons. The summed E-state index contributed by atoms with van der Waals surface area (Å²) >= 11 is 0. The van der Waals surface area contributed by atoms with E-state index in [0.29, 0.717) is 13.0 Å². The second-order valence-corrected chi connectivity index (χ2v) is 6.08. The molecule has 1 saturated heterocycles. The van der Waals surface area contributed by atoms with Crippen molar-refractivity contribution >= 4 is 11.8 Å². The first-order chi connectivity index (χ1) is 9.04. The molecule has 19 heavy (non-hydrogen) atoms. The molecule has 0 unspecified atom stereocenters. The van der Waals surface area contributed by atoms with Crippen LogP contribution < -0.4 is 11.1 Å². The maximum atomic E-state index is 12.0. The molecular weight excluding hydrogens is 242 g/mol. The smallest absolute Gasteiger partial charge is 0.220 e. The molecule has 0 aromatic rings. The van der Waals surface area contributed by atoms with Crippen molar-refractivity contribution < 1.29 is 9.59 Å². The quantitative estimate of drug-likeness (QED) is 0.784. The van der Waals surface area contributed by atoms with Gasteiger partial charge in [0.2, 0.25) is 11.8 Å². The zero-order chi connectivity index (χ0) is 13.9. The highest BCUT2D eigenvalue weighted by molar-refractivity contribution is 5.77. The number of amides is 2. The van der Waals surface area contributed by atoms with Gasteiger partial charge in [0.15, 0.2) is 0 Å². The largest absolute Gasteiger partial charge is 0.353 e. The Labute approximate surface area is 114 Å². The van der Waals surface area contributed by atoms with E-state index in [9.17, 15) is 9.59 Å². The fourth-order valence-electron chi connectivity index (χ4n) is 3.09. The fraction of sp³-hybridized carbons (Fsp3) is 0.857. The summed E-state index contributed by atoms with van der Waals surface area (Å²) in [6, 6.07) is 0.220. The zero-order valence-corrected chi connectivity index (χ0v) is 11.8. The first kappa shape index (κ1) is 14.3. The molecule has 0 aromatic heterocycles. The van der Waals surface area contributed by atoms with Crippen LogP contribution in [0.5, 0.6) is 0 Å². The Balaban J connectivity index is 1.73. The number of piperidine rings is 1. The summed E-state index contributed by atoms with van der Waals surface area (Å²) in [6.07, 6.45) is 5.65. The highest BCUT2D eigenvalue weighted by Gasteiger charge is 2.37. The lowest BCUT2D eigenvalue weighted by molar-refractivity contribution is -0.130. The first-order valence-electron chi connectivity index (χ1n) is 7.30. The van der Waals surface area contributed by atoms with E-state index >= 15 is 0 Å². The Kier molecular flexibility index (Phi) is 4.45. The Bertz CT molecular complexity index is 339. The van der Waals surface area contributed by atoms with Crippen LogP contribution in [0.15, 0.2) is 0 Å². The number of carbonyl (C=O) groups excluding carboxylic acids is 2. The van der Waals surface area contributed by atoms with E-state index in [0.717, 1.165) is 38.8 Å². The SMILES string of the molecule is CC(=O)N1CCC(NC(=O)CC2(CN)CCC2)CC1. The lowest BCUT2D eigenvalue weighted by Gasteiger charge is -2.41. The van der Waals surface area contributed by atoms with Crippen molar-refractivity contribution in [2.75, 3.05) is 19.6 Å². The first-order valence-corrected chi connectivity index (χ1v) is 7.30. The Morgan fingerprint density at radius 2 is 1.95 bits per heavy atom. The summed E-state index contributed by atoms with van der Waals surface area (Å²) in [7, 11) is 0. The monoisotopic (exact) mass is 267 g/mol. The van der Waals surface area contributed by atoms with Gasteiger partial charge in [-0.05, 0) is 37.6 Å². The maximum absolute atomic E-state index is 12.0. The number of hydrogen-bond donors (Lipinski definition) is 2. The van der Waals surface area contributed by atoms with Crippen LogP contribution in [-0.2, 0) is 9.59 Å². The summed E-state index contributed by atoms with van der Waals surface area (Å²) in [6.45, 7) is 3.72. The molecule has 0 bridgehead atoms. The third-order valence-corrected chi connectivity index (χ3v) is 4.69. The molecule has 5 nitrogen and oxygen atoms in total. The third kappa shape index (κ3) is 3.47. The van der Waals surface area contributed by atoms with E-state index in [1.807, 2.05) is 4.90 Å². The summed E-state index contributed by atoms with van der Waals surface area (Å²) in [5, 5.41) is 3.10. The van der Waals surface area contributed by atoms with Crippen LogP contribution in [-0.4, -0.2) is 42.4 Å². The molecule has 0 aromatic carbocycles. The van der Waals surface area contributed by atoms with Crippen LogP contribution in [0, 0.1) is 5.41 Å². The molecule has 0 spiro atoms. The number of nitrogens with one attached hydrogen (secondary N) is 1. The van der Waals surface area contributed by atoms with Crippen LogP contribution in [0.4, 0.5) is 0 Å². The standard InChI is InChI=1S/C14H25N3O2/c1-11(18)17-7-3-12(4-8-17)16-13(19)9-14(10-15)5-2-6-14/h12H,2-10,15H2,1H3,(H,16,19). The second-order valence-electron chi connectivity index (χ2n) is 6.08. The average molecular weight is 267 g/mol. The summed E-state index contributed by atoms with van der Waals surface area (Å²) in [5.74, 6) is 0.257. The zero-order valence-electron chi connectivity index (χ0n) is 11.8. The molecule has 1 aliphatic heterocycles. The second kappa shape index (κ2) is 5.90. The minimum atomic E-state index is 0.0736. The van der Waals surface area contributed by atoms with E-state index < -0.39 is 0 Å². The minimum Gasteiger partial charge on any atom is -0.353 e. The normalized spacial score (nSPS) is 22.7. The molecule has 5 heteroatoms. The van der Waals surface area contributed by atoms with E-state index in [1.54, 1.807) is 6.92 Å². The molecule has 0 atom stereocenters. The number of carbonyl (C=O) groups is 2. The lowest BCUT2D eigenvalue weighted by atomic mass is 9.66. The summed E-state index contributed by atoms with van der Waals surface area (Å²) in [5.41, 5.74) is 5.85. The van der Waals surface area contributed by atoms with Gasteiger partial charge in [0.25, 0.3) is 0 Å². The molecule has 2 aliphatic rings. The van der Waals surface area contributed by atoms with Gasteiger partial charge in [-0.3, -0.25) is 9.59 Å². The van der Waals surface area contributed by atoms with E-state index in [2.05, 4.69) is 5.32 Å². The van der Waals surface area contributed by atoms with Crippen molar-refractivity contribution in [3.8, 4) is 0 Å². The highest BCUT2D eigenvalue weighted by atomic mass is 16.2. The van der Waals surface area contributed by atoms with Gasteiger partial charge in [-0.1, -0.05) is 6.42 Å². The van der Waals surface area contributed by atoms with Gasteiger partial charge >= 0.3 is 0 Å². The molecule has 1 heterocycles. The molecule has 2 amide bonds. The predicted molar refractivity (Wildman–Crippen MR) is 73.4 cm³/mol. The number of likely N-dealkylation sites (tertiary alicyclic amines) is 1. The summed E-state index contributed by atoms with van der Waals surface area (Å²) < 4.78 is 0. The van der Waals surface area contributed by atoms with Crippen LogP contribution in [0.25, 0.3) is 0 Å². The van der Waals surface area contributed by atoms with Crippen LogP contribution in [0.1, 0.15) is 45.4 Å². The average Bonchev–Trinajstić information content (AvgIpc) is 2.34. The Morgan fingerprint density at radius 3 is 2.37 bits per heavy atom. The van der Waals surface area contributed by atoms with Crippen molar-refractivity contribution in [1.82, 2.24) is 10.2 Å². The molecule has 2 fully saturated rings. The van der Waals surface area contributed by atoms with Gasteiger partial charge in [-0.2, -0.15) is 0 Å². The molecule has 1 saturated carbocycles. The maximum Gasteiger partial charge on any atom is 0.220 e. The van der Waals surface area contributed by atoms with Crippen LogP contribution >= 0.6 is 0 Å². The van der Waals surface area contributed by atoms with Crippen molar-refractivity contribution in [3.63, 3.8) is 0 Å².